The molecular weight excluding hydrogens is 258 g/mol. The van der Waals surface area contributed by atoms with E-state index in [1.165, 1.54) is 34.2 Å². The molecule has 0 bridgehead atoms. The molecule has 1 N–H and O–H groups in total. The highest BCUT2D eigenvalue weighted by Crippen LogP contribution is 2.30. The Bertz CT molecular complexity index is 470. The number of nitrogens with one attached hydrogen (secondary N) is 1. The molecule has 0 aliphatic carbocycles. The third-order valence-corrected chi connectivity index (χ3v) is 4.76. The number of hydrogen-bond donors (Lipinski definition) is 1. The van der Waals surface area contributed by atoms with Crippen LogP contribution in [-0.4, -0.2) is 18.6 Å². The summed E-state index contributed by atoms with van der Waals surface area (Å²) in [5.74, 6) is 1.21. The fourth-order valence-electron chi connectivity index (χ4n) is 2.21. The van der Waals surface area contributed by atoms with Gasteiger partial charge < -0.3 is 5.32 Å². The summed E-state index contributed by atoms with van der Waals surface area (Å²) in [5.41, 5.74) is 1.48. The van der Waals surface area contributed by atoms with E-state index in [1.807, 2.05) is 23.1 Å². The van der Waals surface area contributed by atoms with Gasteiger partial charge >= 0.3 is 0 Å². The summed E-state index contributed by atoms with van der Waals surface area (Å²) in [7, 11) is 0. The lowest BCUT2D eigenvalue weighted by atomic mass is 10.0. The van der Waals surface area contributed by atoms with E-state index in [0.29, 0.717) is 6.04 Å². The molecule has 3 heteroatoms. The van der Waals surface area contributed by atoms with Gasteiger partial charge in [0.1, 0.15) is 0 Å². The predicted molar refractivity (Wildman–Crippen MR) is 85.9 cm³/mol. The number of hydrogen-bond acceptors (Lipinski definition) is 3. The smallest absolute Gasteiger partial charge is 0.0390 e. The Morgan fingerprint density at radius 1 is 1.33 bits per heavy atom. The number of thioether (sulfide) groups is 1. The molecule has 1 atom stereocenters. The second-order valence-corrected chi connectivity index (χ2v) is 6.38. The highest BCUT2D eigenvalue weighted by Gasteiger charge is 2.13. The Kier molecular flexibility index (Phi) is 5.54. The number of benzene rings is 1. The minimum atomic E-state index is 0.500. The molecule has 1 aromatic carbocycles. The summed E-state index contributed by atoms with van der Waals surface area (Å²) in [6.07, 6.45) is 4.58. The fourth-order valence-corrected chi connectivity index (χ4v) is 3.65. The van der Waals surface area contributed by atoms with Crippen LogP contribution in [0.15, 0.2) is 29.6 Å². The van der Waals surface area contributed by atoms with E-state index in [1.54, 1.807) is 0 Å². The van der Waals surface area contributed by atoms with Gasteiger partial charge in [0.05, 0.1) is 0 Å². The van der Waals surface area contributed by atoms with Crippen molar-refractivity contribution in [2.45, 2.75) is 25.8 Å². The third kappa shape index (κ3) is 3.28. The van der Waals surface area contributed by atoms with Crippen LogP contribution in [-0.2, 0) is 0 Å². The Labute approximate surface area is 118 Å². The Morgan fingerprint density at radius 2 is 2.22 bits per heavy atom. The standard InChI is InChI=1S/C15H21NS2/c1-3-9-16-14(8-10-17-2)13-6-4-5-12-7-11-18-15(12)13/h4-7,11,14,16H,3,8-10H2,1-2H3. The predicted octanol–water partition coefficient (Wildman–Crippen LogP) is 4.70. The molecule has 98 valence electrons. The number of fused-ring (bicyclic) bond motifs is 1. The molecule has 0 fully saturated rings. The minimum Gasteiger partial charge on any atom is -0.310 e. The molecular formula is C15H21NS2. The van der Waals surface area contributed by atoms with Crippen molar-refractivity contribution in [2.75, 3.05) is 18.6 Å². The third-order valence-electron chi connectivity index (χ3n) is 3.14. The summed E-state index contributed by atoms with van der Waals surface area (Å²) >= 11 is 3.79. The molecule has 0 saturated heterocycles. The molecule has 0 spiro atoms. The van der Waals surface area contributed by atoms with Gasteiger partial charge in [-0.05, 0) is 53.8 Å². The molecule has 0 radical (unpaired) electrons. The van der Waals surface area contributed by atoms with Crippen LogP contribution in [0, 0.1) is 0 Å². The van der Waals surface area contributed by atoms with Crippen LogP contribution >= 0.6 is 23.1 Å². The van der Waals surface area contributed by atoms with Gasteiger partial charge in [0.25, 0.3) is 0 Å². The summed E-state index contributed by atoms with van der Waals surface area (Å²) in [5, 5.41) is 7.27. The summed E-state index contributed by atoms with van der Waals surface area (Å²) in [4.78, 5) is 0. The zero-order chi connectivity index (χ0) is 12.8. The van der Waals surface area contributed by atoms with Gasteiger partial charge in [0.2, 0.25) is 0 Å². The molecule has 2 rings (SSSR count). The van der Waals surface area contributed by atoms with E-state index in [2.05, 4.69) is 48.1 Å². The van der Waals surface area contributed by atoms with E-state index < -0.39 is 0 Å². The highest BCUT2D eigenvalue weighted by molar-refractivity contribution is 7.98. The van der Waals surface area contributed by atoms with E-state index in [0.717, 1.165) is 6.54 Å². The quantitative estimate of drug-likeness (QED) is 0.788. The van der Waals surface area contributed by atoms with Crippen LogP contribution in [0.2, 0.25) is 0 Å². The van der Waals surface area contributed by atoms with Crippen molar-refractivity contribution in [1.29, 1.82) is 0 Å². The van der Waals surface area contributed by atoms with Crippen molar-refractivity contribution in [3.63, 3.8) is 0 Å². The molecule has 1 unspecified atom stereocenters. The average molecular weight is 279 g/mol. The molecule has 0 amide bonds. The van der Waals surface area contributed by atoms with E-state index in [-0.39, 0.29) is 0 Å². The van der Waals surface area contributed by atoms with Gasteiger partial charge in [-0.3, -0.25) is 0 Å². The van der Waals surface area contributed by atoms with Gasteiger partial charge in [0, 0.05) is 10.7 Å². The zero-order valence-corrected chi connectivity index (χ0v) is 12.7. The fraction of sp³-hybridized carbons (Fsp3) is 0.467. The largest absolute Gasteiger partial charge is 0.310 e. The molecule has 0 saturated carbocycles. The lowest BCUT2D eigenvalue weighted by Crippen LogP contribution is -2.22. The van der Waals surface area contributed by atoms with E-state index in [4.69, 9.17) is 0 Å². The Morgan fingerprint density at radius 3 is 3.00 bits per heavy atom. The normalized spacial score (nSPS) is 13.0. The maximum Gasteiger partial charge on any atom is 0.0390 e. The topological polar surface area (TPSA) is 12.0 Å². The van der Waals surface area contributed by atoms with E-state index in [9.17, 15) is 0 Å². The average Bonchev–Trinajstić information content (AvgIpc) is 2.87. The van der Waals surface area contributed by atoms with Gasteiger partial charge in [0.15, 0.2) is 0 Å². The molecule has 0 aliphatic heterocycles. The van der Waals surface area contributed by atoms with Gasteiger partial charge in [-0.1, -0.05) is 25.1 Å². The van der Waals surface area contributed by atoms with Crippen LogP contribution in [0.4, 0.5) is 0 Å². The molecule has 18 heavy (non-hydrogen) atoms. The first kappa shape index (κ1) is 13.9. The summed E-state index contributed by atoms with van der Waals surface area (Å²) in [6.45, 7) is 3.32. The van der Waals surface area contributed by atoms with Crippen molar-refractivity contribution < 1.29 is 0 Å². The van der Waals surface area contributed by atoms with Crippen molar-refractivity contribution in [2.24, 2.45) is 0 Å². The number of thiophene rings is 1. The summed E-state index contributed by atoms with van der Waals surface area (Å²) in [6, 6.07) is 9.39. The second-order valence-electron chi connectivity index (χ2n) is 4.47. The van der Waals surface area contributed by atoms with Crippen LogP contribution in [0.25, 0.3) is 10.1 Å². The lowest BCUT2D eigenvalue weighted by Gasteiger charge is -2.19. The molecule has 1 aromatic heterocycles. The Balaban J connectivity index is 2.24. The highest BCUT2D eigenvalue weighted by atomic mass is 32.2. The second kappa shape index (κ2) is 7.17. The lowest BCUT2D eigenvalue weighted by molar-refractivity contribution is 0.525. The monoisotopic (exact) mass is 279 g/mol. The van der Waals surface area contributed by atoms with Crippen LogP contribution in [0.3, 0.4) is 0 Å². The maximum atomic E-state index is 3.70. The molecule has 1 heterocycles. The van der Waals surface area contributed by atoms with Crippen molar-refractivity contribution in [3.05, 3.63) is 35.2 Å². The number of rotatable bonds is 7. The van der Waals surface area contributed by atoms with Crippen molar-refractivity contribution in [1.82, 2.24) is 5.32 Å². The van der Waals surface area contributed by atoms with E-state index >= 15 is 0 Å². The van der Waals surface area contributed by atoms with Crippen molar-refractivity contribution in [3.8, 4) is 0 Å². The minimum absolute atomic E-state index is 0.500. The first-order chi connectivity index (χ1) is 8.86. The van der Waals surface area contributed by atoms with Crippen LogP contribution in [0.5, 0.6) is 0 Å². The first-order valence-corrected chi connectivity index (χ1v) is 8.82. The molecule has 1 nitrogen and oxygen atoms in total. The maximum absolute atomic E-state index is 3.70. The Hall–Kier alpha value is -0.510. The van der Waals surface area contributed by atoms with Crippen molar-refractivity contribution >= 4 is 33.2 Å². The molecule has 2 aromatic rings. The van der Waals surface area contributed by atoms with Crippen LogP contribution in [0.1, 0.15) is 31.4 Å². The first-order valence-electron chi connectivity index (χ1n) is 6.55. The summed E-state index contributed by atoms with van der Waals surface area (Å²) < 4.78 is 1.45. The van der Waals surface area contributed by atoms with Crippen LogP contribution < -0.4 is 5.32 Å². The van der Waals surface area contributed by atoms with Gasteiger partial charge in [-0.15, -0.1) is 11.3 Å². The molecule has 0 aliphatic rings. The van der Waals surface area contributed by atoms with Gasteiger partial charge in [-0.2, -0.15) is 11.8 Å². The zero-order valence-electron chi connectivity index (χ0n) is 11.1. The van der Waals surface area contributed by atoms with Gasteiger partial charge in [-0.25, -0.2) is 0 Å². The SMILES string of the molecule is CCCNC(CCSC)c1cccc2ccsc12.